The van der Waals surface area contributed by atoms with E-state index in [1.54, 1.807) is 18.4 Å². The number of rotatable bonds is 8. The van der Waals surface area contributed by atoms with Crippen LogP contribution in [0.25, 0.3) is 0 Å². The Labute approximate surface area is 197 Å². The maximum atomic E-state index is 13.8. The smallest absolute Gasteiger partial charge is 0.173 e. The predicted octanol–water partition coefficient (Wildman–Crippen LogP) is 5.97. The molecule has 5 rings (SSSR count). The van der Waals surface area contributed by atoms with Gasteiger partial charge in [-0.25, -0.2) is 9.07 Å². The van der Waals surface area contributed by atoms with Gasteiger partial charge in [-0.3, -0.25) is 4.90 Å². The van der Waals surface area contributed by atoms with Crippen LogP contribution in [0.3, 0.4) is 0 Å². The van der Waals surface area contributed by atoms with Crippen LogP contribution < -0.4 is 0 Å². The van der Waals surface area contributed by atoms with Crippen LogP contribution in [0.2, 0.25) is 5.02 Å². The minimum Gasteiger partial charge on any atom is -0.468 e. The van der Waals surface area contributed by atoms with Crippen LogP contribution in [0, 0.1) is 5.82 Å². The van der Waals surface area contributed by atoms with Gasteiger partial charge in [-0.05, 0) is 64.7 Å². The Morgan fingerprint density at radius 1 is 1.03 bits per heavy atom. The fraction of sp³-hybridized carbons (Fsp3) is 0.320. The summed E-state index contributed by atoms with van der Waals surface area (Å²) >= 11 is 6.54. The molecule has 1 fully saturated rings. The molecule has 2 aromatic heterocycles. The Bertz CT molecular complexity index is 1170. The number of halogens is 2. The lowest BCUT2D eigenvalue weighted by Crippen LogP contribution is -2.32. The summed E-state index contributed by atoms with van der Waals surface area (Å²) in [5, 5.41) is 13.6. The molecule has 8 heteroatoms. The van der Waals surface area contributed by atoms with E-state index in [0.29, 0.717) is 18.1 Å². The van der Waals surface area contributed by atoms with Crippen molar-refractivity contribution in [3.8, 4) is 0 Å². The van der Waals surface area contributed by atoms with Crippen LogP contribution in [0.15, 0.2) is 71.3 Å². The Morgan fingerprint density at radius 3 is 2.55 bits per heavy atom. The van der Waals surface area contributed by atoms with E-state index in [-0.39, 0.29) is 17.9 Å². The molecule has 0 aliphatic heterocycles. The van der Waals surface area contributed by atoms with Gasteiger partial charge in [0.05, 0.1) is 24.9 Å². The zero-order valence-electron chi connectivity index (χ0n) is 18.1. The summed E-state index contributed by atoms with van der Waals surface area (Å²) in [5.41, 5.74) is 1.89. The highest BCUT2D eigenvalue weighted by atomic mass is 35.5. The standard InChI is InChI=1S/C25H25ClFN5O/c26-23-10-4-1-6-19(23)16-31(17-22-9-5-15-33-22)24(18-11-13-20(27)14-12-18)25-28-29-30-32(25)21-7-2-3-8-21/h1,4-6,9-15,21,24H,2-3,7-8,16-17H2/t24-/m0/s1. The summed E-state index contributed by atoms with van der Waals surface area (Å²) < 4.78 is 21.5. The first-order valence-electron chi connectivity index (χ1n) is 11.2. The van der Waals surface area contributed by atoms with E-state index >= 15 is 0 Å². The third-order valence-electron chi connectivity index (χ3n) is 6.25. The van der Waals surface area contributed by atoms with E-state index in [9.17, 15) is 4.39 Å². The second-order valence-electron chi connectivity index (χ2n) is 8.45. The lowest BCUT2D eigenvalue weighted by Gasteiger charge is -2.31. The summed E-state index contributed by atoms with van der Waals surface area (Å²) in [6.07, 6.45) is 6.11. The summed E-state index contributed by atoms with van der Waals surface area (Å²) in [5.74, 6) is 1.28. The molecule has 0 spiro atoms. The molecule has 2 aromatic carbocycles. The molecule has 0 bridgehead atoms. The molecule has 0 radical (unpaired) electrons. The first-order valence-corrected chi connectivity index (χ1v) is 11.6. The van der Waals surface area contributed by atoms with E-state index in [1.165, 1.54) is 25.0 Å². The molecule has 1 saturated carbocycles. The molecule has 33 heavy (non-hydrogen) atoms. The monoisotopic (exact) mass is 465 g/mol. The Balaban J connectivity index is 1.60. The van der Waals surface area contributed by atoms with Crippen molar-refractivity contribution in [1.82, 2.24) is 25.1 Å². The van der Waals surface area contributed by atoms with Crippen LogP contribution >= 0.6 is 11.6 Å². The van der Waals surface area contributed by atoms with Crippen LogP contribution in [0.4, 0.5) is 4.39 Å². The van der Waals surface area contributed by atoms with Crippen molar-refractivity contribution in [3.05, 3.63) is 100 Å². The van der Waals surface area contributed by atoms with Crippen molar-refractivity contribution in [2.75, 3.05) is 0 Å². The van der Waals surface area contributed by atoms with Gasteiger partial charge in [-0.15, -0.1) is 5.10 Å². The van der Waals surface area contributed by atoms with Gasteiger partial charge < -0.3 is 4.42 Å². The summed E-state index contributed by atoms with van der Waals surface area (Å²) in [6, 6.07) is 18.1. The van der Waals surface area contributed by atoms with E-state index in [4.69, 9.17) is 16.0 Å². The fourth-order valence-corrected chi connectivity index (χ4v) is 4.84. The zero-order valence-corrected chi connectivity index (χ0v) is 18.9. The van der Waals surface area contributed by atoms with Crippen LogP contribution in [-0.4, -0.2) is 25.1 Å². The quantitative estimate of drug-likeness (QED) is 0.321. The Kier molecular flexibility index (Phi) is 6.51. The summed E-state index contributed by atoms with van der Waals surface area (Å²) in [6.45, 7) is 1.05. The number of hydrogen-bond acceptors (Lipinski definition) is 5. The normalized spacial score (nSPS) is 15.4. The van der Waals surface area contributed by atoms with Gasteiger partial charge in [-0.1, -0.05) is 54.8 Å². The van der Waals surface area contributed by atoms with Gasteiger partial charge in [0.1, 0.15) is 11.6 Å². The van der Waals surface area contributed by atoms with Gasteiger partial charge in [0.15, 0.2) is 5.82 Å². The molecule has 4 aromatic rings. The number of tetrazole rings is 1. The van der Waals surface area contributed by atoms with Gasteiger partial charge >= 0.3 is 0 Å². The molecular weight excluding hydrogens is 441 g/mol. The molecular formula is C25H25ClFN5O. The molecule has 0 amide bonds. The molecule has 0 N–H and O–H groups in total. The van der Waals surface area contributed by atoms with Gasteiger partial charge in [-0.2, -0.15) is 0 Å². The molecule has 170 valence electrons. The average Bonchev–Trinajstić information content (AvgIpc) is 3.60. The van der Waals surface area contributed by atoms with Crippen LogP contribution in [-0.2, 0) is 13.1 Å². The largest absolute Gasteiger partial charge is 0.468 e. The number of furan rings is 1. The van der Waals surface area contributed by atoms with E-state index in [2.05, 4.69) is 20.4 Å². The zero-order chi connectivity index (χ0) is 22.6. The molecule has 0 unspecified atom stereocenters. The fourth-order valence-electron chi connectivity index (χ4n) is 4.64. The SMILES string of the molecule is Fc1ccc([C@@H](c2nnnn2C2CCCC2)N(Cc2ccco2)Cc2ccccc2Cl)cc1. The maximum absolute atomic E-state index is 13.8. The highest BCUT2D eigenvalue weighted by Gasteiger charge is 2.32. The van der Waals surface area contributed by atoms with Crippen molar-refractivity contribution in [2.45, 2.75) is 50.9 Å². The first-order chi connectivity index (χ1) is 16.2. The topological polar surface area (TPSA) is 60.0 Å². The highest BCUT2D eigenvalue weighted by Crippen LogP contribution is 2.36. The van der Waals surface area contributed by atoms with Gasteiger partial charge in [0.2, 0.25) is 0 Å². The lowest BCUT2D eigenvalue weighted by molar-refractivity contribution is 0.177. The number of nitrogens with zero attached hydrogens (tertiary/aromatic N) is 5. The van der Waals surface area contributed by atoms with Crippen molar-refractivity contribution < 1.29 is 8.81 Å². The average molecular weight is 466 g/mol. The number of benzene rings is 2. The second-order valence-corrected chi connectivity index (χ2v) is 8.86. The van der Waals surface area contributed by atoms with Crippen LogP contribution in [0.1, 0.15) is 60.5 Å². The third kappa shape index (κ3) is 4.84. The van der Waals surface area contributed by atoms with Crippen LogP contribution in [0.5, 0.6) is 0 Å². The van der Waals surface area contributed by atoms with Crippen molar-refractivity contribution in [1.29, 1.82) is 0 Å². The number of aromatic nitrogens is 4. The molecule has 0 saturated heterocycles. The van der Waals surface area contributed by atoms with Gasteiger partial charge in [0.25, 0.3) is 0 Å². The second kappa shape index (κ2) is 9.85. The summed E-state index contributed by atoms with van der Waals surface area (Å²) in [7, 11) is 0. The molecule has 2 heterocycles. The lowest BCUT2D eigenvalue weighted by atomic mass is 10.0. The van der Waals surface area contributed by atoms with Crippen molar-refractivity contribution in [3.63, 3.8) is 0 Å². The maximum Gasteiger partial charge on any atom is 0.173 e. The molecule has 1 aliphatic rings. The number of hydrogen-bond donors (Lipinski definition) is 0. The van der Waals surface area contributed by atoms with E-state index in [1.807, 2.05) is 41.1 Å². The molecule has 6 nitrogen and oxygen atoms in total. The first kappa shape index (κ1) is 21.8. The Hall–Kier alpha value is -3.03. The van der Waals surface area contributed by atoms with Gasteiger partial charge in [0, 0.05) is 11.6 Å². The van der Waals surface area contributed by atoms with E-state index in [0.717, 1.165) is 35.6 Å². The Morgan fingerprint density at radius 2 is 1.82 bits per heavy atom. The highest BCUT2D eigenvalue weighted by molar-refractivity contribution is 6.31. The van der Waals surface area contributed by atoms with E-state index < -0.39 is 0 Å². The minimum atomic E-state index is -0.317. The van der Waals surface area contributed by atoms with Crippen molar-refractivity contribution >= 4 is 11.6 Å². The minimum absolute atomic E-state index is 0.267. The third-order valence-corrected chi connectivity index (χ3v) is 6.62. The predicted molar refractivity (Wildman–Crippen MR) is 123 cm³/mol. The molecule has 1 atom stereocenters. The molecule has 1 aliphatic carbocycles. The summed E-state index contributed by atoms with van der Waals surface area (Å²) in [4.78, 5) is 2.23. The van der Waals surface area contributed by atoms with Crippen molar-refractivity contribution in [2.24, 2.45) is 0 Å².